The van der Waals surface area contributed by atoms with E-state index in [4.69, 9.17) is 14.7 Å². The molecule has 0 aliphatic carbocycles. The van der Waals surface area contributed by atoms with Gasteiger partial charge < -0.3 is 4.74 Å². The molecule has 0 fully saturated rings. The maximum absolute atomic E-state index is 12.5. The summed E-state index contributed by atoms with van der Waals surface area (Å²) in [5.41, 5.74) is 3.26. The predicted molar refractivity (Wildman–Crippen MR) is 129 cm³/mol. The van der Waals surface area contributed by atoms with Crippen LogP contribution in [0.3, 0.4) is 0 Å². The summed E-state index contributed by atoms with van der Waals surface area (Å²) in [4.78, 5) is 22.0. The molecule has 0 saturated carbocycles. The number of thiazole rings is 2. The van der Waals surface area contributed by atoms with E-state index in [1.165, 1.54) is 10.7 Å². The molecule has 3 aromatic rings. The van der Waals surface area contributed by atoms with E-state index in [0.717, 1.165) is 29.1 Å². The smallest absolute Gasteiger partial charge is 0.315 e. The predicted octanol–water partition coefficient (Wildman–Crippen LogP) is 7.26. The lowest BCUT2D eigenvalue weighted by Gasteiger charge is -2.13. The lowest BCUT2D eigenvalue weighted by Crippen LogP contribution is -2.13. The van der Waals surface area contributed by atoms with Gasteiger partial charge in [0.25, 0.3) is 0 Å². The van der Waals surface area contributed by atoms with Crippen LogP contribution in [0.5, 0.6) is 0 Å². The molecular formula is C25H32N2O2S2. The second-order valence-corrected chi connectivity index (χ2v) is 10.3. The van der Waals surface area contributed by atoms with Gasteiger partial charge in [-0.05, 0) is 37.2 Å². The van der Waals surface area contributed by atoms with Crippen LogP contribution < -0.4 is 0 Å². The van der Waals surface area contributed by atoms with Crippen LogP contribution in [0.1, 0.15) is 98.1 Å². The van der Waals surface area contributed by atoms with Crippen LogP contribution >= 0.6 is 22.7 Å². The lowest BCUT2D eigenvalue weighted by atomic mass is 9.95. The van der Waals surface area contributed by atoms with Gasteiger partial charge >= 0.3 is 5.97 Å². The number of aromatic nitrogens is 2. The molecule has 2 heterocycles. The Morgan fingerprint density at radius 2 is 1.42 bits per heavy atom. The van der Waals surface area contributed by atoms with Crippen molar-refractivity contribution in [2.45, 2.75) is 77.7 Å². The summed E-state index contributed by atoms with van der Waals surface area (Å²) in [5.74, 6) is 0.702. The highest BCUT2D eigenvalue weighted by Gasteiger charge is 2.22. The molecule has 2 aromatic heterocycles. The fraction of sp³-hybridized carbons (Fsp3) is 0.480. The SMILES string of the molecule is CC(C)c1nc(C(C)CCC(C)c2csc(C(C)C(=O)OCc3ccccc3)n2)cs1. The van der Waals surface area contributed by atoms with E-state index < -0.39 is 0 Å². The van der Waals surface area contributed by atoms with Gasteiger partial charge in [0, 0.05) is 16.7 Å². The van der Waals surface area contributed by atoms with Crippen molar-refractivity contribution in [3.63, 3.8) is 0 Å². The molecule has 1 aromatic carbocycles. The van der Waals surface area contributed by atoms with Gasteiger partial charge in [-0.15, -0.1) is 22.7 Å². The van der Waals surface area contributed by atoms with Crippen LogP contribution in [-0.2, 0) is 16.1 Å². The number of carbonyl (C=O) groups is 1. The van der Waals surface area contributed by atoms with Gasteiger partial charge in [0.05, 0.1) is 16.4 Å². The molecule has 0 aliphatic rings. The van der Waals surface area contributed by atoms with Gasteiger partial charge in [0.15, 0.2) is 0 Å². The van der Waals surface area contributed by atoms with Crippen molar-refractivity contribution in [1.29, 1.82) is 0 Å². The summed E-state index contributed by atoms with van der Waals surface area (Å²) in [6.45, 7) is 11.0. The Bertz CT molecular complexity index is 965. The Hall–Kier alpha value is -2.05. The minimum atomic E-state index is -0.349. The molecule has 31 heavy (non-hydrogen) atoms. The van der Waals surface area contributed by atoms with Crippen molar-refractivity contribution < 1.29 is 9.53 Å². The zero-order chi connectivity index (χ0) is 22.4. The molecule has 4 nitrogen and oxygen atoms in total. The Morgan fingerprint density at radius 1 is 0.871 bits per heavy atom. The van der Waals surface area contributed by atoms with E-state index in [9.17, 15) is 4.79 Å². The average Bonchev–Trinajstić information content (AvgIpc) is 3.46. The van der Waals surface area contributed by atoms with Crippen LogP contribution in [0.25, 0.3) is 0 Å². The van der Waals surface area contributed by atoms with E-state index in [0.29, 0.717) is 24.4 Å². The first-order valence-corrected chi connectivity index (χ1v) is 12.7. The zero-order valence-electron chi connectivity index (χ0n) is 19.0. The van der Waals surface area contributed by atoms with E-state index in [1.54, 1.807) is 22.7 Å². The largest absolute Gasteiger partial charge is 0.460 e. The number of rotatable bonds is 10. The third kappa shape index (κ3) is 6.47. The van der Waals surface area contributed by atoms with Crippen LogP contribution in [0.4, 0.5) is 0 Å². The normalized spacial score (nSPS) is 14.4. The molecule has 0 N–H and O–H groups in total. The van der Waals surface area contributed by atoms with Gasteiger partial charge in [0.2, 0.25) is 0 Å². The molecule has 0 amide bonds. The minimum absolute atomic E-state index is 0.226. The second-order valence-electron chi connectivity index (χ2n) is 8.57. The van der Waals surface area contributed by atoms with Crippen molar-refractivity contribution in [2.24, 2.45) is 0 Å². The maximum Gasteiger partial charge on any atom is 0.315 e. The first-order chi connectivity index (χ1) is 14.8. The summed E-state index contributed by atoms with van der Waals surface area (Å²) in [5, 5.41) is 6.33. The highest BCUT2D eigenvalue weighted by atomic mass is 32.1. The van der Waals surface area contributed by atoms with Crippen molar-refractivity contribution >= 4 is 28.6 Å². The standard InChI is InChI=1S/C25H32N2O2S2/c1-16(2)23-26-21(14-30-23)17(3)11-12-18(4)22-15-31-24(27-22)19(5)25(28)29-13-20-9-7-6-8-10-20/h6-10,14-19H,11-13H2,1-5H3. The number of carbonyl (C=O) groups excluding carboxylic acids is 1. The zero-order valence-corrected chi connectivity index (χ0v) is 20.6. The second kappa shape index (κ2) is 11.0. The molecule has 0 saturated heterocycles. The Balaban J connectivity index is 1.50. The Kier molecular flexibility index (Phi) is 8.38. The van der Waals surface area contributed by atoms with Crippen LogP contribution in [0.2, 0.25) is 0 Å². The van der Waals surface area contributed by atoms with Crippen LogP contribution in [-0.4, -0.2) is 15.9 Å². The number of nitrogens with zero attached hydrogens (tertiary/aromatic N) is 2. The number of ether oxygens (including phenoxy) is 1. The van der Waals surface area contributed by atoms with Gasteiger partial charge in [-0.25, -0.2) is 9.97 Å². The summed E-state index contributed by atoms with van der Waals surface area (Å²) < 4.78 is 5.48. The van der Waals surface area contributed by atoms with Crippen LogP contribution in [0, 0.1) is 0 Å². The summed E-state index contributed by atoms with van der Waals surface area (Å²) in [6.07, 6.45) is 2.12. The lowest BCUT2D eigenvalue weighted by molar-refractivity contribution is -0.146. The first kappa shape index (κ1) is 23.6. The molecule has 0 aliphatic heterocycles. The topological polar surface area (TPSA) is 52.1 Å². The molecule has 0 radical (unpaired) electrons. The average molecular weight is 457 g/mol. The molecule has 0 bridgehead atoms. The monoisotopic (exact) mass is 456 g/mol. The van der Waals surface area contributed by atoms with Crippen LogP contribution in [0.15, 0.2) is 41.1 Å². The van der Waals surface area contributed by atoms with E-state index >= 15 is 0 Å². The number of hydrogen-bond donors (Lipinski definition) is 0. The van der Waals surface area contributed by atoms with Crippen molar-refractivity contribution in [3.05, 3.63) is 68.1 Å². The third-order valence-corrected chi connectivity index (χ3v) is 7.77. The minimum Gasteiger partial charge on any atom is -0.460 e. The third-order valence-electron chi connectivity index (χ3n) is 5.56. The van der Waals surface area contributed by atoms with E-state index in [2.05, 4.69) is 38.5 Å². The van der Waals surface area contributed by atoms with Crippen molar-refractivity contribution in [3.8, 4) is 0 Å². The molecule has 166 valence electrons. The van der Waals surface area contributed by atoms with Gasteiger partial charge in [-0.2, -0.15) is 0 Å². The molecular weight excluding hydrogens is 424 g/mol. The molecule has 0 spiro atoms. The number of hydrogen-bond acceptors (Lipinski definition) is 6. The number of benzene rings is 1. The Morgan fingerprint density at radius 3 is 1.97 bits per heavy atom. The fourth-order valence-electron chi connectivity index (χ4n) is 3.27. The number of esters is 1. The first-order valence-electron chi connectivity index (χ1n) is 11.0. The fourth-order valence-corrected chi connectivity index (χ4v) is 5.21. The molecule has 3 atom stereocenters. The highest BCUT2D eigenvalue weighted by Crippen LogP contribution is 2.31. The molecule has 6 heteroatoms. The maximum atomic E-state index is 12.5. The summed E-state index contributed by atoms with van der Waals surface area (Å²) in [6, 6.07) is 9.75. The van der Waals surface area contributed by atoms with Gasteiger partial charge in [0.1, 0.15) is 17.5 Å². The van der Waals surface area contributed by atoms with Gasteiger partial charge in [-0.3, -0.25) is 4.79 Å². The quantitative estimate of drug-likeness (QED) is 0.301. The summed E-state index contributed by atoms with van der Waals surface area (Å²) in [7, 11) is 0. The Labute approximate surface area is 193 Å². The van der Waals surface area contributed by atoms with E-state index in [1.807, 2.05) is 37.3 Å². The molecule has 3 unspecified atom stereocenters. The van der Waals surface area contributed by atoms with Crippen molar-refractivity contribution in [2.75, 3.05) is 0 Å². The van der Waals surface area contributed by atoms with Crippen molar-refractivity contribution in [1.82, 2.24) is 9.97 Å². The highest BCUT2D eigenvalue weighted by molar-refractivity contribution is 7.10. The van der Waals surface area contributed by atoms with E-state index in [-0.39, 0.29) is 11.9 Å². The molecule has 3 rings (SSSR count). The summed E-state index contributed by atoms with van der Waals surface area (Å²) >= 11 is 3.31. The van der Waals surface area contributed by atoms with Gasteiger partial charge in [-0.1, -0.05) is 58.0 Å².